The van der Waals surface area contributed by atoms with Crippen LogP contribution in [0.1, 0.15) is 42.4 Å². The molecule has 0 saturated heterocycles. The SMILES string of the molecule is Cc1nc(CNC(=O)C2CN(C(=O)c3cccs3)Cc3cccnc32)sc1C. The molecule has 1 atom stereocenters. The van der Waals surface area contributed by atoms with E-state index in [9.17, 15) is 9.59 Å². The third kappa shape index (κ3) is 3.70. The zero-order valence-electron chi connectivity index (χ0n) is 15.6. The average molecular weight is 413 g/mol. The second kappa shape index (κ2) is 7.81. The molecule has 0 fully saturated rings. The number of thiophene rings is 1. The maximum absolute atomic E-state index is 13.0. The van der Waals surface area contributed by atoms with Gasteiger partial charge in [-0.15, -0.1) is 22.7 Å². The molecule has 0 radical (unpaired) electrons. The third-order valence-corrected chi connectivity index (χ3v) is 6.77. The van der Waals surface area contributed by atoms with Gasteiger partial charge in [-0.2, -0.15) is 0 Å². The van der Waals surface area contributed by atoms with E-state index in [1.54, 1.807) is 22.4 Å². The predicted octanol–water partition coefficient (Wildman–Crippen LogP) is 3.27. The summed E-state index contributed by atoms with van der Waals surface area (Å²) in [6.07, 6.45) is 1.70. The summed E-state index contributed by atoms with van der Waals surface area (Å²) in [4.78, 5) is 38.3. The van der Waals surface area contributed by atoms with Gasteiger partial charge in [0, 0.05) is 24.2 Å². The first-order valence-corrected chi connectivity index (χ1v) is 10.7. The number of carbonyl (C=O) groups is 2. The van der Waals surface area contributed by atoms with Crippen molar-refractivity contribution in [1.29, 1.82) is 0 Å². The van der Waals surface area contributed by atoms with Gasteiger partial charge in [0.25, 0.3) is 5.91 Å². The number of aromatic nitrogens is 2. The number of aryl methyl sites for hydroxylation is 2. The number of fused-ring (bicyclic) bond motifs is 1. The zero-order valence-corrected chi connectivity index (χ0v) is 17.3. The van der Waals surface area contributed by atoms with Crippen molar-refractivity contribution in [2.45, 2.75) is 32.9 Å². The summed E-state index contributed by atoms with van der Waals surface area (Å²) in [5.74, 6) is -0.668. The van der Waals surface area contributed by atoms with Crippen LogP contribution < -0.4 is 5.32 Å². The Hall–Kier alpha value is -2.58. The summed E-state index contributed by atoms with van der Waals surface area (Å²) in [5.41, 5.74) is 2.66. The minimum absolute atomic E-state index is 0.0477. The van der Waals surface area contributed by atoms with Gasteiger partial charge in [-0.3, -0.25) is 14.6 Å². The Bertz CT molecular complexity index is 994. The minimum atomic E-state index is -0.490. The highest BCUT2D eigenvalue weighted by atomic mass is 32.1. The molecule has 28 heavy (non-hydrogen) atoms. The summed E-state index contributed by atoms with van der Waals surface area (Å²) < 4.78 is 0. The highest BCUT2D eigenvalue weighted by Crippen LogP contribution is 2.28. The highest BCUT2D eigenvalue weighted by Gasteiger charge is 2.34. The van der Waals surface area contributed by atoms with Crippen LogP contribution in [0.4, 0.5) is 0 Å². The molecule has 1 unspecified atom stereocenters. The third-order valence-electron chi connectivity index (χ3n) is 4.84. The van der Waals surface area contributed by atoms with Gasteiger partial charge in [-0.05, 0) is 36.9 Å². The fourth-order valence-electron chi connectivity index (χ4n) is 3.29. The molecule has 0 saturated carbocycles. The van der Waals surface area contributed by atoms with Crippen molar-refractivity contribution in [3.8, 4) is 0 Å². The normalized spacial score (nSPS) is 15.9. The van der Waals surface area contributed by atoms with Crippen molar-refractivity contribution in [1.82, 2.24) is 20.2 Å². The standard InChI is InChI=1S/C20H20N4O2S2/c1-12-13(2)28-17(23-12)9-22-19(25)15-11-24(20(26)16-6-4-8-27-16)10-14-5-3-7-21-18(14)15/h3-8,15H,9-11H2,1-2H3,(H,22,25). The van der Waals surface area contributed by atoms with E-state index in [4.69, 9.17) is 0 Å². The van der Waals surface area contributed by atoms with Crippen LogP contribution in [0.5, 0.6) is 0 Å². The van der Waals surface area contributed by atoms with Crippen molar-refractivity contribution < 1.29 is 9.59 Å². The molecule has 2 amide bonds. The van der Waals surface area contributed by atoms with Crippen molar-refractivity contribution in [3.05, 3.63) is 67.6 Å². The Kier molecular flexibility index (Phi) is 5.23. The first-order valence-electron chi connectivity index (χ1n) is 9.00. The second-order valence-corrected chi connectivity index (χ2v) is 8.97. The van der Waals surface area contributed by atoms with Crippen LogP contribution in [-0.2, 0) is 17.9 Å². The van der Waals surface area contributed by atoms with Gasteiger partial charge in [-0.25, -0.2) is 4.98 Å². The van der Waals surface area contributed by atoms with Crippen molar-refractivity contribution in [2.75, 3.05) is 6.54 Å². The largest absolute Gasteiger partial charge is 0.349 e. The van der Waals surface area contributed by atoms with Gasteiger partial charge in [0.15, 0.2) is 0 Å². The Labute approximate surface area is 171 Å². The summed E-state index contributed by atoms with van der Waals surface area (Å²) in [6.45, 7) is 5.16. The second-order valence-electron chi connectivity index (χ2n) is 6.73. The van der Waals surface area contributed by atoms with Crippen LogP contribution in [0.2, 0.25) is 0 Å². The molecule has 3 aromatic rings. The number of nitrogens with zero attached hydrogens (tertiary/aromatic N) is 3. The zero-order chi connectivity index (χ0) is 19.7. The van der Waals surface area contributed by atoms with Crippen molar-refractivity contribution in [2.24, 2.45) is 0 Å². The van der Waals surface area contributed by atoms with E-state index in [0.717, 1.165) is 26.8 Å². The molecular weight excluding hydrogens is 392 g/mol. The van der Waals surface area contributed by atoms with Gasteiger partial charge in [-0.1, -0.05) is 12.1 Å². The van der Waals surface area contributed by atoms with E-state index >= 15 is 0 Å². The van der Waals surface area contributed by atoms with Crippen LogP contribution in [0.3, 0.4) is 0 Å². The van der Waals surface area contributed by atoms with Gasteiger partial charge in [0.2, 0.25) is 5.91 Å². The van der Waals surface area contributed by atoms with Gasteiger partial charge < -0.3 is 10.2 Å². The molecule has 3 aromatic heterocycles. The summed E-state index contributed by atoms with van der Waals surface area (Å²) in [6, 6.07) is 7.45. The number of hydrogen-bond donors (Lipinski definition) is 1. The number of hydrogen-bond acceptors (Lipinski definition) is 6. The lowest BCUT2D eigenvalue weighted by molar-refractivity contribution is -0.123. The fraction of sp³-hybridized carbons (Fsp3) is 0.300. The number of pyridine rings is 1. The first-order chi connectivity index (χ1) is 13.5. The van der Waals surface area contributed by atoms with E-state index in [-0.39, 0.29) is 11.8 Å². The number of amides is 2. The molecule has 8 heteroatoms. The Morgan fingerprint density at radius 2 is 2.14 bits per heavy atom. The molecule has 0 spiro atoms. The monoisotopic (exact) mass is 412 g/mol. The topological polar surface area (TPSA) is 75.2 Å². The first kappa shape index (κ1) is 18.8. The number of rotatable bonds is 4. The molecule has 0 aliphatic carbocycles. The molecule has 1 N–H and O–H groups in total. The smallest absolute Gasteiger partial charge is 0.264 e. The van der Waals surface area contributed by atoms with Crippen LogP contribution in [0.25, 0.3) is 0 Å². The lowest BCUT2D eigenvalue weighted by Gasteiger charge is -2.33. The molecule has 6 nitrogen and oxygen atoms in total. The Balaban J connectivity index is 1.54. The lowest BCUT2D eigenvalue weighted by Crippen LogP contribution is -2.44. The minimum Gasteiger partial charge on any atom is -0.349 e. The summed E-state index contributed by atoms with van der Waals surface area (Å²) in [7, 11) is 0. The van der Waals surface area contributed by atoms with Crippen LogP contribution >= 0.6 is 22.7 Å². The molecule has 144 valence electrons. The fourth-order valence-corrected chi connectivity index (χ4v) is 4.86. The maximum Gasteiger partial charge on any atom is 0.264 e. The van der Waals surface area contributed by atoms with E-state index in [2.05, 4.69) is 15.3 Å². The average Bonchev–Trinajstić information content (AvgIpc) is 3.35. The molecular formula is C20H20N4O2S2. The van der Waals surface area contributed by atoms with Crippen LogP contribution in [0, 0.1) is 13.8 Å². The molecule has 4 heterocycles. The summed E-state index contributed by atoms with van der Waals surface area (Å²) in [5, 5.41) is 5.74. The van der Waals surface area contributed by atoms with E-state index in [0.29, 0.717) is 24.5 Å². The molecule has 1 aliphatic heterocycles. The van der Waals surface area contributed by atoms with Crippen molar-refractivity contribution in [3.63, 3.8) is 0 Å². The van der Waals surface area contributed by atoms with E-state index in [1.807, 2.05) is 43.5 Å². The number of carbonyl (C=O) groups excluding carboxylic acids is 2. The molecule has 0 bridgehead atoms. The lowest BCUT2D eigenvalue weighted by atomic mass is 9.93. The predicted molar refractivity (Wildman–Crippen MR) is 109 cm³/mol. The van der Waals surface area contributed by atoms with E-state index < -0.39 is 5.92 Å². The maximum atomic E-state index is 13.0. The highest BCUT2D eigenvalue weighted by molar-refractivity contribution is 7.12. The molecule has 4 rings (SSSR count). The number of thiazole rings is 1. The van der Waals surface area contributed by atoms with Crippen LogP contribution in [0.15, 0.2) is 35.8 Å². The quantitative estimate of drug-likeness (QED) is 0.714. The van der Waals surface area contributed by atoms with Gasteiger partial charge in [0.05, 0.1) is 28.7 Å². The molecule has 1 aliphatic rings. The van der Waals surface area contributed by atoms with Crippen LogP contribution in [-0.4, -0.2) is 33.2 Å². The van der Waals surface area contributed by atoms with Crippen molar-refractivity contribution >= 4 is 34.5 Å². The summed E-state index contributed by atoms with van der Waals surface area (Å²) >= 11 is 3.00. The van der Waals surface area contributed by atoms with E-state index in [1.165, 1.54) is 11.3 Å². The Morgan fingerprint density at radius 3 is 2.86 bits per heavy atom. The Morgan fingerprint density at radius 1 is 1.29 bits per heavy atom. The molecule has 0 aromatic carbocycles. The van der Waals surface area contributed by atoms with Gasteiger partial charge in [0.1, 0.15) is 5.01 Å². The van der Waals surface area contributed by atoms with Gasteiger partial charge >= 0.3 is 0 Å². The number of nitrogens with one attached hydrogen (secondary N) is 1.